The summed E-state index contributed by atoms with van der Waals surface area (Å²) in [6, 6.07) is 1.86. The average Bonchev–Trinajstić information content (AvgIpc) is 2.38. The SMILES string of the molecule is CNc1cc(N2CCN(S(C)(=O)=O)CC2)ncn1. The Morgan fingerprint density at radius 3 is 2.44 bits per heavy atom. The molecule has 1 N–H and O–H groups in total. The van der Waals surface area contributed by atoms with Crippen molar-refractivity contribution in [3.8, 4) is 0 Å². The molecule has 1 aliphatic heterocycles. The van der Waals surface area contributed by atoms with Crippen molar-refractivity contribution in [2.75, 3.05) is 49.7 Å². The van der Waals surface area contributed by atoms with Gasteiger partial charge in [-0.25, -0.2) is 18.4 Å². The summed E-state index contributed by atoms with van der Waals surface area (Å²) in [6.07, 6.45) is 2.75. The molecule has 1 saturated heterocycles. The van der Waals surface area contributed by atoms with E-state index >= 15 is 0 Å². The van der Waals surface area contributed by atoms with E-state index in [4.69, 9.17) is 0 Å². The molecule has 1 fully saturated rings. The van der Waals surface area contributed by atoms with Crippen LogP contribution in [0.3, 0.4) is 0 Å². The molecular weight excluding hydrogens is 254 g/mol. The highest BCUT2D eigenvalue weighted by Crippen LogP contribution is 2.16. The van der Waals surface area contributed by atoms with Crippen molar-refractivity contribution in [2.24, 2.45) is 0 Å². The number of aromatic nitrogens is 2. The quantitative estimate of drug-likeness (QED) is 0.806. The summed E-state index contributed by atoms with van der Waals surface area (Å²) in [5.74, 6) is 1.58. The first-order valence-corrected chi connectivity index (χ1v) is 7.55. The lowest BCUT2D eigenvalue weighted by Crippen LogP contribution is -2.48. The van der Waals surface area contributed by atoms with E-state index in [-0.39, 0.29) is 0 Å². The second kappa shape index (κ2) is 5.07. The molecule has 0 amide bonds. The zero-order valence-electron chi connectivity index (χ0n) is 10.5. The van der Waals surface area contributed by atoms with Crippen LogP contribution in [0.5, 0.6) is 0 Å². The van der Waals surface area contributed by atoms with Crippen molar-refractivity contribution >= 4 is 21.7 Å². The van der Waals surface area contributed by atoms with Crippen molar-refractivity contribution in [3.05, 3.63) is 12.4 Å². The van der Waals surface area contributed by atoms with Crippen LogP contribution in [0.2, 0.25) is 0 Å². The van der Waals surface area contributed by atoms with Crippen molar-refractivity contribution in [3.63, 3.8) is 0 Å². The number of rotatable bonds is 3. The fourth-order valence-electron chi connectivity index (χ4n) is 1.91. The monoisotopic (exact) mass is 271 g/mol. The standard InChI is InChI=1S/C10H17N5O2S/c1-11-9-7-10(13-8-12-9)14-3-5-15(6-4-14)18(2,16)17/h7-8H,3-6H2,1-2H3,(H,11,12,13). The van der Waals surface area contributed by atoms with Gasteiger partial charge in [0.2, 0.25) is 10.0 Å². The van der Waals surface area contributed by atoms with Gasteiger partial charge in [-0.15, -0.1) is 0 Å². The molecule has 0 aromatic carbocycles. The molecule has 7 nitrogen and oxygen atoms in total. The minimum absolute atomic E-state index is 0.498. The third-order valence-corrected chi connectivity index (χ3v) is 4.24. The normalized spacial score (nSPS) is 17.8. The van der Waals surface area contributed by atoms with Crippen molar-refractivity contribution in [2.45, 2.75) is 0 Å². The molecule has 0 atom stereocenters. The van der Waals surface area contributed by atoms with Crippen molar-refractivity contribution in [1.82, 2.24) is 14.3 Å². The highest BCUT2D eigenvalue weighted by molar-refractivity contribution is 7.88. The molecule has 18 heavy (non-hydrogen) atoms. The Kier molecular flexibility index (Phi) is 3.67. The fraction of sp³-hybridized carbons (Fsp3) is 0.600. The Morgan fingerprint density at radius 1 is 1.22 bits per heavy atom. The van der Waals surface area contributed by atoms with Gasteiger partial charge in [0, 0.05) is 39.3 Å². The summed E-state index contributed by atoms with van der Waals surface area (Å²) in [5.41, 5.74) is 0. The van der Waals surface area contributed by atoms with Gasteiger partial charge in [-0.2, -0.15) is 4.31 Å². The van der Waals surface area contributed by atoms with E-state index in [1.807, 2.05) is 6.07 Å². The number of sulfonamides is 1. The van der Waals surface area contributed by atoms with E-state index in [1.54, 1.807) is 7.05 Å². The Labute approximate surface area is 107 Å². The predicted octanol–water partition coefficient (Wildman–Crippen LogP) is -0.400. The van der Waals surface area contributed by atoms with E-state index in [0.29, 0.717) is 26.2 Å². The van der Waals surface area contributed by atoms with Crippen LogP contribution >= 0.6 is 0 Å². The van der Waals surface area contributed by atoms with Gasteiger partial charge in [-0.3, -0.25) is 0 Å². The summed E-state index contributed by atoms with van der Waals surface area (Å²) < 4.78 is 24.3. The predicted molar refractivity (Wildman–Crippen MR) is 70.2 cm³/mol. The molecule has 100 valence electrons. The van der Waals surface area contributed by atoms with Gasteiger partial charge in [0.05, 0.1) is 6.26 Å². The van der Waals surface area contributed by atoms with Gasteiger partial charge in [0.1, 0.15) is 18.0 Å². The summed E-state index contributed by atoms with van der Waals surface area (Å²) in [6.45, 7) is 2.29. The smallest absolute Gasteiger partial charge is 0.211 e. The Hall–Kier alpha value is -1.41. The van der Waals surface area contributed by atoms with Crippen molar-refractivity contribution < 1.29 is 8.42 Å². The first kappa shape index (κ1) is 13.0. The summed E-state index contributed by atoms with van der Waals surface area (Å²) in [4.78, 5) is 10.3. The number of nitrogens with zero attached hydrogens (tertiary/aromatic N) is 4. The molecule has 0 aliphatic carbocycles. The Bertz CT molecular complexity index is 511. The van der Waals surface area contributed by atoms with Gasteiger partial charge >= 0.3 is 0 Å². The molecule has 8 heteroatoms. The molecule has 2 rings (SSSR count). The van der Waals surface area contributed by atoms with Crippen molar-refractivity contribution in [1.29, 1.82) is 0 Å². The zero-order valence-corrected chi connectivity index (χ0v) is 11.3. The number of piperazine rings is 1. The van der Waals surface area contributed by atoms with Crippen LogP contribution in [0.15, 0.2) is 12.4 Å². The second-order valence-electron chi connectivity index (χ2n) is 4.16. The van der Waals surface area contributed by atoms with E-state index in [9.17, 15) is 8.42 Å². The second-order valence-corrected chi connectivity index (χ2v) is 6.14. The van der Waals surface area contributed by atoms with Crippen LogP contribution in [0.25, 0.3) is 0 Å². The number of hydrogen-bond donors (Lipinski definition) is 1. The largest absolute Gasteiger partial charge is 0.373 e. The van der Waals surface area contributed by atoms with E-state index in [0.717, 1.165) is 11.6 Å². The number of anilines is 2. The van der Waals surface area contributed by atoms with Gasteiger partial charge in [0.15, 0.2) is 0 Å². The molecular formula is C10H17N5O2S. The minimum atomic E-state index is -3.08. The molecule has 0 bridgehead atoms. The van der Waals surface area contributed by atoms with Crippen LogP contribution in [0, 0.1) is 0 Å². The van der Waals surface area contributed by atoms with Gasteiger partial charge < -0.3 is 10.2 Å². The number of nitrogens with one attached hydrogen (secondary N) is 1. The minimum Gasteiger partial charge on any atom is -0.373 e. The molecule has 0 radical (unpaired) electrons. The first-order chi connectivity index (χ1) is 8.50. The maximum Gasteiger partial charge on any atom is 0.211 e. The van der Waals surface area contributed by atoms with Gasteiger partial charge in [0.25, 0.3) is 0 Å². The third-order valence-electron chi connectivity index (χ3n) is 2.94. The Balaban J connectivity index is 2.05. The van der Waals surface area contributed by atoms with Gasteiger partial charge in [-0.05, 0) is 0 Å². The first-order valence-electron chi connectivity index (χ1n) is 5.70. The maximum atomic E-state index is 11.4. The summed E-state index contributed by atoms with van der Waals surface area (Å²) >= 11 is 0. The molecule has 1 aliphatic rings. The van der Waals surface area contributed by atoms with E-state index < -0.39 is 10.0 Å². The van der Waals surface area contributed by atoms with Crippen LogP contribution < -0.4 is 10.2 Å². The molecule has 0 spiro atoms. The Morgan fingerprint density at radius 2 is 1.89 bits per heavy atom. The third kappa shape index (κ3) is 2.88. The van der Waals surface area contributed by atoms with Crippen LogP contribution in [0.1, 0.15) is 0 Å². The summed E-state index contributed by atoms with van der Waals surface area (Å²) in [5, 5.41) is 2.96. The lowest BCUT2D eigenvalue weighted by molar-refractivity contribution is 0.387. The highest BCUT2D eigenvalue weighted by atomic mass is 32.2. The molecule has 0 unspecified atom stereocenters. The molecule has 2 heterocycles. The molecule has 1 aromatic heterocycles. The van der Waals surface area contributed by atoms with Crippen LogP contribution in [-0.2, 0) is 10.0 Å². The molecule has 1 aromatic rings. The molecule has 0 saturated carbocycles. The van der Waals surface area contributed by atoms with Gasteiger partial charge in [-0.1, -0.05) is 0 Å². The summed E-state index contributed by atoms with van der Waals surface area (Å²) in [7, 11) is -1.28. The highest BCUT2D eigenvalue weighted by Gasteiger charge is 2.24. The van der Waals surface area contributed by atoms with Crippen LogP contribution in [-0.4, -0.2) is 62.2 Å². The topological polar surface area (TPSA) is 78.4 Å². The zero-order chi connectivity index (χ0) is 13.2. The average molecular weight is 271 g/mol. The van der Waals surface area contributed by atoms with Crippen LogP contribution in [0.4, 0.5) is 11.6 Å². The lowest BCUT2D eigenvalue weighted by Gasteiger charge is -2.33. The maximum absolute atomic E-state index is 11.4. The number of hydrogen-bond acceptors (Lipinski definition) is 6. The van der Waals surface area contributed by atoms with E-state index in [2.05, 4.69) is 20.2 Å². The fourth-order valence-corrected chi connectivity index (χ4v) is 2.73. The van der Waals surface area contributed by atoms with E-state index in [1.165, 1.54) is 16.9 Å². The lowest BCUT2D eigenvalue weighted by atomic mass is 10.3.